The molecule has 0 aliphatic rings. The molecule has 0 amide bonds. The summed E-state index contributed by atoms with van der Waals surface area (Å²) >= 11 is 0. The molecule has 6 nitrogen and oxygen atoms in total. The maximum absolute atomic E-state index is 5.51. The smallest absolute Gasteiger partial charge is 0.228 e. The van der Waals surface area contributed by atoms with Gasteiger partial charge in [0.05, 0.1) is 7.11 Å². The van der Waals surface area contributed by atoms with Crippen LogP contribution in [0, 0.1) is 0 Å². The molecule has 0 radical (unpaired) electrons. The highest BCUT2D eigenvalue weighted by Gasteiger charge is 2.16. The van der Waals surface area contributed by atoms with Crippen molar-refractivity contribution in [2.45, 2.75) is 6.54 Å². The van der Waals surface area contributed by atoms with E-state index >= 15 is 0 Å². The summed E-state index contributed by atoms with van der Waals surface area (Å²) in [4.78, 5) is 8.62. The number of hydrogen-bond donors (Lipinski definition) is 1. The molecule has 6 heteroatoms. The Labute approximate surface area is 144 Å². The van der Waals surface area contributed by atoms with Crippen molar-refractivity contribution in [2.75, 3.05) is 12.4 Å². The van der Waals surface area contributed by atoms with Crippen LogP contribution in [0.25, 0.3) is 22.4 Å². The van der Waals surface area contributed by atoms with Crippen molar-refractivity contribution in [2.24, 2.45) is 0 Å². The van der Waals surface area contributed by atoms with Gasteiger partial charge in [-0.05, 0) is 6.07 Å². The van der Waals surface area contributed by atoms with Crippen molar-refractivity contribution in [3.63, 3.8) is 0 Å². The van der Waals surface area contributed by atoms with Gasteiger partial charge < -0.3 is 14.6 Å². The zero-order valence-electron chi connectivity index (χ0n) is 13.6. The Hall–Kier alpha value is -3.41. The number of methoxy groups -OCH3 is 1. The summed E-state index contributed by atoms with van der Waals surface area (Å²) in [5.41, 5.74) is 3.91. The molecule has 2 aromatic carbocycles. The number of nitrogens with zero attached hydrogens (tertiary/aromatic N) is 3. The van der Waals surface area contributed by atoms with Gasteiger partial charge in [0.15, 0.2) is 5.82 Å². The van der Waals surface area contributed by atoms with E-state index in [4.69, 9.17) is 9.26 Å². The topological polar surface area (TPSA) is 73.1 Å². The van der Waals surface area contributed by atoms with Gasteiger partial charge in [-0.1, -0.05) is 53.7 Å². The van der Waals surface area contributed by atoms with Gasteiger partial charge in [0.2, 0.25) is 5.58 Å². The van der Waals surface area contributed by atoms with Crippen molar-refractivity contribution < 1.29 is 9.26 Å². The number of fused-ring (bicyclic) bond motifs is 1. The second-order valence-electron chi connectivity index (χ2n) is 5.46. The fourth-order valence-electron chi connectivity index (χ4n) is 2.70. The van der Waals surface area contributed by atoms with Crippen LogP contribution in [0.5, 0.6) is 5.75 Å². The first-order valence-electron chi connectivity index (χ1n) is 7.88. The Morgan fingerprint density at radius 2 is 1.80 bits per heavy atom. The molecule has 0 saturated heterocycles. The van der Waals surface area contributed by atoms with Gasteiger partial charge in [0.25, 0.3) is 0 Å². The number of ether oxygens (including phenoxy) is 1. The third kappa shape index (κ3) is 2.89. The van der Waals surface area contributed by atoms with E-state index in [-0.39, 0.29) is 0 Å². The zero-order chi connectivity index (χ0) is 17.1. The molecule has 0 fully saturated rings. The fourth-order valence-corrected chi connectivity index (χ4v) is 2.70. The van der Waals surface area contributed by atoms with Crippen LogP contribution in [-0.4, -0.2) is 22.2 Å². The minimum absolute atomic E-state index is 0.538. The second-order valence-corrected chi connectivity index (χ2v) is 5.46. The summed E-state index contributed by atoms with van der Waals surface area (Å²) in [6.45, 7) is 0.553. The van der Waals surface area contributed by atoms with Crippen molar-refractivity contribution in [1.82, 2.24) is 15.1 Å². The third-order valence-electron chi connectivity index (χ3n) is 3.94. The van der Waals surface area contributed by atoms with E-state index in [0.717, 1.165) is 16.9 Å². The van der Waals surface area contributed by atoms with Crippen LogP contribution in [0.1, 0.15) is 5.56 Å². The molecule has 4 rings (SSSR count). The molecule has 1 N–H and O–H groups in total. The quantitative estimate of drug-likeness (QED) is 0.597. The molecule has 0 spiro atoms. The predicted molar refractivity (Wildman–Crippen MR) is 95.4 cm³/mol. The summed E-state index contributed by atoms with van der Waals surface area (Å²) in [5, 5.41) is 7.45. The Bertz CT molecular complexity index is 999. The molecular weight excluding hydrogens is 316 g/mol. The molecule has 2 aromatic heterocycles. The van der Waals surface area contributed by atoms with E-state index in [9.17, 15) is 0 Å². The number of aromatic nitrogens is 3. The highest BCUT2D eigenvalue weighted by atomic mass is 16.5. The molecule has 0 unspecified atom stereocenters. The molecule has 124 valence electrons. The van der Waals surface area contributed by atoms with Gasteiger partial charge in [-0.25, -0.2) is 9.97 Å². The second kappa shape index (κ2) is 6.60. The van der Waals surface area contributed by atoms with Gasteiger partial charge in [-0.15, -0.1) is 0 Å². The molecule has 2 heterocycles. The van der Waals surface area contributed by atoms with Crippen molar-refractivity contribution >= 4 is 16.9 Å². The van der Waals surface area contributed by atoms with E-state index in [1.807, 2.05) is 54.6 Å². The maximum Gasteiger partial charge on any atom is 0.228 e. The van der Waals surface area contributed by atoms with Crippen LogP contribution in [0.3, 0.4) is 0 Å². The SMILES string of the molecule is COc1ccccc1CNc1ncnc2c(-c3ccccc3)noc12. The largest absolute Gasteiger partial charge is 0.496 e. The number of nitrogens with one attached hydrogen (secondary N) is 1. The van der Waals surface area contributed by atoms with E-state index in [2.05, 4.69) is 20.4 Å². The first-order chi connectivity index (χ1) is 12.4. The van der Waals surface area contributed by atoms with E-state index < -0.39 is 0 Å². The minimum Gasteiger partial charge on any atom is -0.496 e. The average molecular weight is 332 g/mol. The third-order valence-corrected chi connectivity index (χ3v) is 3.94. The van der Waals surface area contributed by atoms with E-state index in [1.54, 1.807) is 7.11 Å². The lowest BCUT2D eigenvalue weighted by Gasteiger charge is -2.09. The van der Waals surface area contributed by atoms with E-state index in [1.165, 1.54) is 6.33 Å². The first kappa shape index (κ1) is 15.1. The lowest BCUT2D eigenvalue weighted by molar-refractivity contribution is 0.410. The van der Waals surface area contributed by atoms with Crippen molar-refractivity contribution in [1.29, 1.82) is 0 Å². The van der Waals surface area contributed by atoms with Crippen LogP contribution >= 0.6 is 0 Å². The highest BCUT2D eigenvalue weighted by molar-refractivity contribution is 5.93. The maximum atomic E-state index is 5.51. The summed E-state index contributed by atoms with van der Waals surface area (Å²) in [5.74, 6) is 1.42. The van der Waals surface area contributed by atoms with Gasteiger partial charge >= 0.3 is 0 Å². The van der Waals surface area contributed by atoms with Crippen LogP contribution < -0.4 is 10.1 Å². The zero-order valence-corrected chi connectivity index (χ0v) is 13.6. The molecular formula is C19H16N4O2. The lowest BCUT2D eigenvalue weighted by Crippen LogP contribution is -2.03. The number of hydrogen-bond acceptors (Lipinski definition) is 6. The monoisotopic (exact) mass is 332 g/mol. The van der Waals surface area contributed by atoms with Crippen LogP contribution in [0.4, 0.5) is 5.82 Å². The van der Waals surface area contributed by atoms with Gasteiger partial charge in [-0.3, -0.25) is 0 Å². The van der Waals surface area contributed by atoms with Crippen LogP contribution in [-0.2, 0) is 6.54 Å². The number of anilines is 1. The molecule has 25 heavy (non-hydrogen) atoms. The molecule has 0 atom stereocenters. The molecule has 0 aliphatic carbocycles. The lowest BCUT2D eigenvalue weighted by atomic mass is 10.1. The van der Waals surface area contributed by atoms with E-state index in [0.29, 0.717) is 29.2 Å². The number of para-hydroxylation sites is 1. The summed E-state index contributed by atoms with van der Waals surface area (Å²) < 4.78 is 10.9. The van der Waals surface area contributed by atoms with Crippen LogP contribution in [0.2, 0.25) is 0 Å². The van der Waals surface area contributed by atoms with Gasteiger partial charge in [-0.2, -0.15) is 0 Å². The Balaban J connectivity index is 1.66. The Kier molecular flexibility index (Phi) is 4.00. The molecule has 4 aromatic rings. The predicted octanol–water partition coefficient (Wildman–Crippen LogP) is 3.91. The standard InChI is InChI=1S/C19H16N4O2/c1-24-15-10-6-5-9-14(15)11-20-19-18-17(21-12-22-19)16(23-25-18)13-7-3-2-4-8-13/h2-10,12H,11H2,1H3,(H,20,21,22). The average Bonchev–Trinajstić information content (AvgIpc) is 3.12. The van der Waals surface area contributed by atoms with Gasteiger partial charge in [0, 0.05) is 17.7 Å². The highest BCUT2D eigenvalue weighted by Crippen LogP contribution is 2.29. The molecule has 0 saturated carbocycles. The van der Waals surface area contributed by atoms with Gasteiger partial charge in [0.1, 0.15) is 23.3 Å². The van der Waals surface area contributed by atoms with Crippen molar-refractivity contribution in [3.05, 3.63) is 66.5 Å². The first-order valence-corrected chi connectivity index (χ1v) is 7.88. The van der Waals surface area contributed by atoms with Crippen molar-refractivity contribution in [3.8, 4) is 17.0 Å². The Morgan fingerprint density at radius 3 is 2.64 bits per heavy atom. The summed E-state index contributed by atoms with van der Waals surface area (Å²) in [7, 11) is 1.66. The number of rotatable bonds is 5. The minimum atomic E-state index is 0.538. The van der Waals surface area contributed by atoms with Crippen LogP contribution in [0.15, 0.2) is 65.4 Å². The Morgan fingerprint density at radius 1 is 1.00 bits per heavy atom. The normalized spacial score (nSPS) is 10.8. The summed E-state index contributed by atoms with van der Waals surface area (Å²) in [6.07, 6.45) is 1.51. The molecule has 0 aliphatic heterocycles. The fraction of sp³-hybridized carbons (Fsp3) is 0.105. The summed E-state index contributed by atoms with van der Waals surface area (Å²) in [6, 6.07) is 17.7. The number of benzene rings is 2. The molecule has 0 bridgehead atoms.